The molecular formula is C17H23N3O2. The zero-order valence-electron chi connectivity index (χ0n) is 13.5. The molecule has 0 aromatic carbocycles. The lowest BCUT2D eigenvalue weighted by Gasteiger charge is -2.24. The standard InChI is InChI=1S/C17H23N3O2/c1-11-6-8-18-15(14(11)13-4-5-13)19-16(22)17(3)7-9-20(10-17)12(2)21/h6,8,13H,4-5,7,9-10H2,1-3H3,(H,18,19,22). The number of amides is 2. The first-order valence-corrected chi connectivity index (χ1v) is 7.93. The number of nitrogens with one attached hydrogen (secondary N) is 1. The Balaban J connectivity index is 1.78. The molecule has 2 aliphatic rings. The predicted octanol–water partition coefficient (Wildman–Crippen LogP) is 2.46. The summed E-state index contributed by atoms with van der Waals surface area (Å²) >= 11 is 0. The van der Waals surface area contributed by atoms with Crippen molar-refractivity contribution in [3.05, 3.63) is 23.4 Å². The molecule has 1 aromatic rings. The number of aryl methyl sites for hydroxylation is 1. The van der Waals surface area contributed by atoms with Crippen LogP contribution in [0.5, 0.6) is 0 Å². The van der Waals surface area contributed by atoms with Crippen LogP contribution >= 0.6 is 0 Å². The SMILES string of the molecule is CC(=O)N1CCC(C)(C(=O)Nc2nccc(C)c2C2CC2)C1. The summed E-state index contributed by atoms with van der Waals surface area (Å²) in [5.41, 5.74) is 1.84. The number of aromatic nitrogens is 1. The molecular weight excluding hydrogens is 278 g/mol. The van der Waals surface area contributed by atoms with Gasteiger partial charge in [-0.05, 0) is 50.7 Å². The van der Waals surface area contributed by atoms with Gasteiger partial charge in [0.2, 0.25) is 11.8 Å². The molecule has 1 aliphatic heterocycles. The summed E-state index contributed by atoms with van der Waals surface area (Å²) in [4.78, 5) is 30.3. The van der Waals surface area contributed by atoms with Gasteiger partial charge < -0.3 is 10.2 Å². The average Bonchev–Trinajstić information content (AvgIpc) is 3.20. The van der Waals surface area contributed by atoms with Crippen molar-refractivity contribution < 1.29 is 9.59 Å². The van der Waals surface area contributed by atoms with Gasteiger partial charge in [0.25, 0.3) is 0 Å². The van der Waals surface area contributed by atoms with E-state index >= 15 is 0 Å². The van der Waals surface area contributed by atoms with Crippen LogP contribution in [0.15, 0.2) is 12.3 Å². The molecule has 2 amide bonds. The monoisotopic (exact) mass is 301 g/mol. The minimum absolute atomic E-state index is 0.0312. The maximum Gasteiger partial charge on any atom is 0.233 e. The molecule has 1 atom stereocenters. The van der Waals surface area contributed by atoms with Crippen molar-refractivity contribution >= 4 is 17.6 Å². The lowest BCUT2D eigenvalue weighted by molar-refractivity contribution is -0.129. The van der Waals surface area contributed by atoms with E-state index in [0.29, 0.717) is 31.2 Å². The van der Waals surface area contributed by atoms with Gasteiger partial charge in [-0.2, -0.15) is 0 Å². The molecule has 2 heterocycles. The van der Waals surface area contributed by atoms with Crippen molar-refractivity contribution in [2.24, 2.45) is 5.41 Å². The second kappa shape index (κ2) is 5.38. The van der Waals surface area contributed by atoms with E-state index in [-0.39, 0.29) is 11.8 Å². The largest absolute Gasteiger partial charge is 0.342 e. The van der Waals surface area contributed by atoms with Crippen LogP contribution in [-0.2, 0) is 9.59 Å². The predicted molar refractivity (Wildman–Crippen MR) is 84.6 cm³/mol. The summed E-state index contributed by atoms with van der Waals surface area (Å²) in [6.45, 7) is 6.68. The van der Waals surface area contributed by atoms with Gasteiger partial charge in [0.05, 0.1) is 5.41 Å². The quantitative estimate of drug-likeness (QED) is 0.933. The fraction of sp³-hybridized carbons (Fsp3) is 0.588. The Morgan fingerprint density at radius 3 is 2.73 bits per heavy atom. The maximum atomic E-state index is 12.7. The topological polar surface area (TPSA) is 62.3 Å². The number of hydrogen-bond acceptors (Lipinski definition) is 3. The van der Waals surface area contributed by atoms with E-state index in [1.807, 2.05) is 13.0 Å². The zero-order valence-corrected chi connectivity index (χ0v) is 13.5. The summed E-state index contributed by atoms with van der Waals surface area (Å²) in [6, 6.07) is 2.00. The summed E-state index contributed by atoms with van der Waals surface area (Å²) in [5, 5.41) is 3.03. The highest BCUT2D eigenvalue weighted by atomic mass is 16.2. The third-order valence-electron chi connectivity index (χ3n) is 4.89. The van der Waals surface area contributed by atoms with Crippen LogP contribution in [0.3, 0.4) is 0 Å². The van der Waals surface area contributed by atoms with E-state index < -0.39 is 5.41 Å². The molecule has 1 aromatic heterocycles. The Morgan fingerprint density at radius 2 is 2.14 bits per heavy atom. The van der Waals surface area contributed by atoms with Gasteiger partial charge in [0, 0.05) is 31.8 Å². The van der Waals surface area contributed by atoms with Gasteiger partial charge >= 0.3 is 0 Å². The number of rotatable bonds is 3. The van der Waals surface area contributed by atoms with Crippen LogP contribution in [0.1, 0.15) is 50.2 Å². The molecule has 5 heteroatoms. The van der Waals surface area contributed by atoms with Crippen molar-refractivity contribution in [2.75, 3.05) is 18.4 Å². The number of anilines is 1. The van der Waals surface area contributed by atoms with Crippen LogP contribution < -0.4 is 5.32 Å². The second-order valence-corrected chi connectivity index (χ2v) is 6.87. The Bertz CT molecular complexity index is 624. The van der Waals surface area contributed by atoms with Gasteiger partial charge in [0.1, 0.15) is 5.82 Å². The van der Waals surface area contributed by atoms with Crippen LogP contribution in [0.4, 0.5) is 5.82 Å². The lowest BCUT2D eigenvalue weighted by Crippen LogP contribution is -2.38. The Hall–Kier alpha value is -1.91. The Kier molecular flexibility index (Phi) is 3.67. The fourth-order valence-corrected chi connectivity index (χ4v) is 3.23. The average molecular weight is 301 g/mol. The van der Waals surface area contributed by atoms with E-state index in [9.17, 15) is 9.59 Å². The minimum Gasteiger partial charge on any atom is -0.342 e. The van der Waals surface area contributed by atoms with Crippen LogP contribution in [0.2, 0.25) is 0 Å². The van der Waals surface area contributed by atoms with Crippen molar-refractivity contribution in [1.29, 1.82) is 0 Å². The first-order chi connectivity index (χ1) is 10.4. The number of pyridine rings is 1. The highest BCUT2D eigenvalue weighted by Gasteiger charge is 2.42. The maximum absolute atomic E-state index is 12.7. The van der Waals surface area contributed by atoms with Crippen molar-refractivity contribution in [2.45, 2.75) is 46.0 Å². The van der Waals surface area contributed by atoms with Gasteiger partial charge in [-0.3, -0.25) is 9.59 Å². The molecule has 3 rings (SSSR count). The van der Waals surface area contributed by atoms with E-state index in [2.05, 4.69) is 17.2 Å². The Labute approximate surface area is 131 Å². The van der Waals surface area contributed by atoms with Crippen LogP contribution in [0, 0.1) is 12.3 Å². The number of carbonyl (C=O) groups excluding carboxylic acids is 2. The van der Waals surface area contributed by atoms with Crippen molar-refractivity contribution in [3.8, 4) is 0 Å². The number of carbonyl (C=O) groups is 2. The van der Waals surface area contributed by atoms with Crippen molar-refractivity contribution in [1.82, 2.24) is 9.88 Å². The first-order valence-electron chi connectivity index (χ1n) is 7.93. The molecule has 22 heavy (non-hydrogen) atoms. The second-order valence-electron chi connectivity index (χ2n) is 6.87. The number of nitrogens with zero attached hydrogens (tertiary/aromatic N) is 2. The molecule has 1 saturated carbocycles. The molecule has 1 unspecified atom stereocenters. The van der Waals surface area contributed by atoms with Gasteiger partial charge in [-0.25, -0.2) is 4.98 Å². The Morgan fingerprint density at radius 1 is 1.41 bits per heavy atom. The molecule has 2 fully saturated rings. The summed E-state index contributed by atoms with van der Waals surface area (Å²) in [5.74, 6) is 1.24. The third-order valence-corrected chi connectivity index (χ3v) is 4.89. The molecule has 118 valence electrons. The molecule has 0 radical (unpaired) electrons. The minimum atomic E-state index is -0.530. The van der Waals surface area contributed by atoms with Crippen LogP contribution in [0.25, 0.3) is 0 Å². The molecule has 0 bridgehead atoms. The zero-order chi connectivity index (χ0) is 15.9. The summed E-state index contributed by atoms with van der Waals surface area (Å²) in [6.07, 6.45) is 4.79. The van der Waals surface area contributed by atoms with E-state index in [1.165, 1.54) is 24.0 Å². The summed E-state index contributed by atoms with van der Waals surface area (Å²) < 4.78 is 0. The molecule has 0 spiro atoms. The molecule has 1 saturated heterocycles. The van der Waals surface area contributed by atoms with E-state index in [4.69, 9.17) is 0 Å². The van der Waals surface area contributed by atoms with Crippen LogP contribution in [-0.4, -0.2) is 34.8 Å². The highest BCUT2D eigenvalue weighted by molar-refractivity contribution is 5.96. The normalized spacial score (nSPS) is 24.4. The van der Waals surface area contributed by atoms with Gasteiger partial charge in [-0.15, -0.1) is 0 Å². The summed E-state index contributed by atoms with van der Waals surface area (Å²) in [7, 11) is 0. The van der Waals surface area contributed by atoms with E-state index in [0.717, 1.165) is 0 Å². The molecule has 1 aliphatic carbocycles. The fourth-order valence-electron chi connectivity index (χ4n) is 3.23. The van der Waals surface area contributed by atoms with E-state index in [1.54, 1.807) is 18.0 Å². The first kappa shape index (κ1) is 15.0. The van der Waals surface area contributed by atoms with Gasteiger partial charge in [-0.1, -0.05) is 0 Å². The molecule has 1 N–H and O–H groups in total. The highest BCUT2D eigenvalue weighted by Crippen LogP contribution is 2.44. The third kappa shape index (κ3) is 2.72. The lowest BCUT2D eigenvalue weighted by atomic mass is 9.88. The smallest absolute Gasteiger partial charge is 0.233 e. The number of hydrogen-bond donors (Lipinski definition) is 1. The van der Waals surface area contributed by atoms with Gasteiger partial charge in [0.15, 0.2) is 0 Å². The number of likely N-dealkylation sites (tertiary alicyclic amines) is 1. The van der Waals surface area contributed by atoms with Crippen molar-refractivity contribution in [3.63, 3.8) is 0 Å². The molecule has 5 nitrogen and oxygen atoms in total.